The molecule has 2 nitrogen and oxygen atoms in total. The Morgan fingerprint density at radius 1 is 1.78 bits per heavy atom. The molecule has 0 atom stereocenters. The van der Waals surface area contributed by atoms with Crippen LogP contribution in [0.15, 0.2) is 11.1 Å². The van der Waals surface area contributed by atoms with Crippen LogP contribution >= 0.6 is 27.7 Å². The Kier molecular flexibility index (Phi) is 5.13. The van der Waals surface area contributed by atoms with Gasteiger partial charge in [0.25, 0.3) is 0 Å². The van der Waals surface area contributed by atoms with Crippen molar-refractivity contribution in [2.24, 2.45) is 0 Å². The van der Waals surface area contributed by atoms with Gasteiger partial charge in [0, 0.05) is 5.75 Å². The summed E-state index contributed by atoms with van der Waals surface area (Å²) in [5.74, 6) is 0.527. The van der Waals surface area contributed by atoms with Crippen LogP contribution in [0.2, 0.25) is 0 Å². The Bertz CT molecular complexity index is 124. The topological polar surface area (TPSA) is 37.3 Å². The molecule has 0 fully saturated rings. The molecule has 0 aliphatic rings. The lowest BCUT2D eigenvalue weighted by molar-refractivity contribution is -0.113. The molecule has 0 amide bonds. The largest absolute Gasteiger partial charge is 0.388 e. The zero-order valence-electron chi connectivity index (χ0n) is 4.76. The summed E-state index contributed by atoms with van der Waals surface area (Å²) in [5, 5.41) is 8.01. The fourth-order valence-electron chi connectivity index (χ4n) is 0.204. The molecule has 0 unspecified atom stereocenters. The first-order valence-electron chi connectivity index (χ1n) is 2.26. The number of aliphatic hydroxyl groups is 1. The van der Waals surface area contributed by atoms with Gasteiger partial charge in [-0.1, -0.05) is 34.3 Å². The van der Waals surface area contributed by atoms with Gasteiger partial charge in [-0.05, 0) is 4.48 Å². The highest BCUT2D eigenvalue weighted by Gasteiger charge is 1.98. The van der Waals surface area contributed by atoms with Gasteiger partial charge in [0.1, 0.15) is 6.61 Å². The number of halogens is 1. The summed E-state index contributed by atoms with van der Waals surface area (Å²) in [6.07, 6.45) is 0. The molecule has 0 heterocycles. The molecule has 0 rings (SSSR count). The van der Waals surface area contributed by atoms with Crippen LogP contribution in [-0.2, 0) is 4.79 Å². The Labute approximate surface area is 66.5 Å². The predicted octanol–water partition coefficient (Wildman–Crippen LogP) is 1.15. The van der Waals surface area contributed by atoms with E-state index in [-0.39, 0.29) is 5.12 Å². The maximum atomic E-state index is 10.4. The van der Waals surface area contributed by atoms with Gasteiger partial charge >= 0.3 is 0 Å². The number of carbonyl (C=O) groups excluding carboxylic acids is 1. The molecule has 4 heteroatoms. The zero-order valence-corrected chi connectivity index (χ0v) is 7.17. The van der Waals surface area contributed by atoms with E-state index < -0.39 is 6.61 Å². The molecule has 1 N–H and O–H groups in total. The third kappa shape index (κ3) is 6.08. The van der Waals surface area contributed by atoms with E-state index in [0.29, 0.717) is 5.75 Å². The Morgan fingerprint density at radius 3 is 2.67 bits per heavy atom. The number of aliphatic hydroxyl groups excluding tert-OH is 1. The standard InChI is InChI=1S/C5H7BrO2S/c1-4(6)3-9-5(8)2-7/h7H,1-3H2. The first-order chi connectivity index (χ1) is 4.16. The molecular weight excluding hydrogens is 204 g/mol. The van der Waals surface area contributed by atoms with Gasteiger partial charge in [-0.25, -0.2) is 0 Å². The van der Waals surface area contributed by atoms with E-state index in [1.165, 1.54) is 0 Å². The van der Waals surface area contributed by atoms with Gasteiger partial charge in [-0.15, -0.1) is 0 Å². The summed E-state index contributed by atoms with van der Waals surface area (Å²) < 4.78 is 0.759. The van der Waals surface area contributed by atoms with Gasteiger partial charge in [0.2, 0.25) is 5.12 Å². The van der Waals surface area contributed by atoms with Crippen molar-refractivity contribution in [3.63, 3.8) is 0 Å². The van der Waals surface area contributed by atoms with Crippen molar-refractivity contribution in [2.45, 2.75) is 0 Å². The van der Waals surface area contributed by atoms with E-state index in [9.17, 15) is 4.79 Å². The highest BCUT2D eigenvalue weighted by Crippen LogP contribution is 2.11. The van der Waals surface area contributed by atoms with Crippen LogP contribution in [0.3, 0.4) is 0 Å². The molecule has 0 saturated heterocycles. The summed E-state index contributed by atoms with van der Waals surface area (Å²) in [6, 6.07) is 0. The zero-order chi connectivity index (χ0) is 7.28. The summed E-state index contributed by atoms with van der Waals surface area (Å²) in [6.45, 7) is 3.13. The summed E-state index contributed by atoms with van der Waals surface area (Å²) in [5.41, 5.74) is 0. The molecule has 0 bridgehead atoms. The van der Waals surface area contributed by atoms with Crippen molar-refractivity contribution >= 4 is 32.8 Å². The first-order valence-corrected chi connectivity index (χ1v) is 4.04. The molecule has 52 valence electrons. The summed E-state index contributed by atoms with van der Waals surface area (Å²) in [7, 11) is 0. The van der Waals surface area contributed by atoms with Crippen LogP contribution < -0.4 is 0 Å². The highest BCUT2D eigenvalue weighted by molar-refractivity contribution is 9.11. The molecule has 0 saturated carbocycles. The van der Waals surface area contributed by atoms with E-state index >= 15 is 0 Å². The number of carbonyl (C=O) groups is 1. The molecule has 0 aliphatic carbocycles. The molecule has 9 heavy (non-hydrogen) atoms. The third-order valence-corrected chi connectivity index (χ3v) is 2.11. The van der Waals surface area contributed by atoms with Crippen LogP contribution in [0.5, 0.6) is 0 Å². The second-order valence-corrected chi connectivity index (χ2v) is 3.49. The summed E-state index contributed by atoms with van der Waals surface area (Å²) in [4.78, 5) is 10.4. The Morgan fingerprint density at radius 2 is 2.33 bits per heavy atom. The van der Waals surface area contributed by atoms with E-state index in [1.54, 1.807) is 0 Å². The molecule has 0 aromatic rings. The third-order valence-electron chi connectivity index (χ3n) is 0.519. The van der Waals surface area contributed by atoms with Crippen molar-refractivity contribution in [3.8, 4) is 0 Å². The molecule has 0 aromatic heterocycles. The van der Waals surface area contributed by atoms with Crippen molar-refractivity contribution in [1.82, 2.24) is 0 Å². The highest BCUT2D eigenvalue weighted by atomic mass is 79.9. The van der Waals surface area contributed by atoms with E-state index in [0.717, 1.165) is 16.2 Å². The van der Waals surface area contributed by atoms with E-state index in [4.69, 9.17) is 5.11 Å². The maximum Gasteiger partial charge on any atom is 0.214 e. The van der Waals surface area contributed by atoms with E-state index in [1.807, 2.05) is 0 Å². The Balaban J connectivity index is 3.28. The summed E-state index contributed by atoms with van der Waals surface area (Å²) >= 11 is 4.13. The monoisotopic (exact) mass is 210 g/mol. The molecule has 0 radical (unpaired) electrons. The lowest BCUT2D eigenvalue weighted by atomic mass is 10.8. The second-order valence-electron chi connectivity index (χ2n) is 1.34. The SMILES string of the molecule is C=C(Br)CSC(=O)CO. The van der Waals surface area contributed by atoms with Gasteiger partial charge in [0.05, 0.1) is 0 Å². The van der Waals surface area contributed by atoms with Gasteiger partial charge in [0.15, 0.2) is 0 Å². The van der Waals surface area contributed by atoms with Crippen LogP contribution in [0, 0.1) is 0 Å². The van der Waals surface area contributed by atoms with Crippen molar-refractivity contribution in [1.29, 1.82) is 0 Å². The average molecular weight is 211 g/mol. The molecule has 0 aromatic carbocycles. The maximum absolute atomic E-state index is 10.4. The number of rotatable bonds is 3. The minimum absolute atomic E-state index is 0.226. The minimum Gasteiger partial charge on any atom is -0.388 e. The number of hydrogen-bond donors (Lipinski definition) is 1. The lowest BCUT2D eigenvalue weighted by Crippen LogP contribution is -1.98. The lowest BCUT2D eigenvalue weighted by Gasteiger charge is -1.92. The molecular formula is C5H7BrO2S. The van der Waals surface area contributed by atoms with Crippen molar-refractivity contribution in [3.05, 3.63) is 11.1 Å². The van der Waals surface area contributed by atoms with Crippen molar-refractivity contribution < 1.29 is 9.90 Å². The normalized spacial score (nSPS) is 9.11. The Hall–Kier alpha value is 0.200. The second kappa shape index (κ2) is 5.02. The van der Waals surface area contributed by atoms with Crippen LogP contribution in [0.25, 0.3) is 0 Å². The van der Waals surface area contributed by atoms with E-state index in [2.05, 4.69) is 22.5 Å². The fraction of sp³-hybridized carbons (Fsp3) is 0.400. The quantitative estimate of drug-likeness (QED) is 0.760. The minimum atomic E-state index is -0.398. The fourth-order valence-corrected chi connectivity index (χ4v) is 0.957. The first kappa shape index (κ1) is 9.20. The van der Waals surface area contributed by atoms with Crippen LogP contribution in [0.1, 0.15) is 0 Å². The van der Waals surface area contributed by atoms with Crippen LogP contribution in [0.4, 0.5) is 0 Å². The average Bonchev–Trinajstić information content (AvgIpc) is 1.83. The van der Waals surface area contributed by atoms with Gasteiger partial charge in [-0.3, -0.25) is 4.79 Å². The van der Waals surface area contributed by atoms with Gasteiger partial charge in [-0.2, -0.15) is 0 Å². The molecule has 0 aliphatic heterocycles. The number of thioether (sulfide) groups is 1. The molecule has 0 spiro atoms. The van der Waals surface area contributed by atoms with Gasteiger partial charge < -0.3 is 5.11 Å². The smallest absolute Gasteiger partial charge is 0.214 e. The van der Waals surface area contributed by atoms with Crippen LogP contribution in [-0.4, -0.2) is 22.6 Å². The van der Waals surface area contributed by atoms with Crippen molar-refractivity contribution in [2.75, 3.05) is 12.4 Å². The predicted molar refractivity (Wildman–Crippen MR) is 42.6 cm³/mol. The number of hydrogen-bond acceptors (Lipinski definition) is 3.